The second-order valence-corrected chi connectivity index (χ2v) is 2.75. The molecule has 0 aromatic carbocycles. The van der Waals surface area contributed by atoms with Gasteiger partial charge in [0.15, 0.2) is 0 Å². The highest BCUT2D eigenvalue weighted by molar-refractivity contribution is 6.17. The maximum absolute atomic E-state index is 5.58. The van der Waals surface area contributed by atoms with Gasteiger partial charge in [-0.3, -0.25) is 4.90 Å². The molecular weight excluding hydrogens is 174 g/mol. The highest BCUT2D eigenvalue weighted by atomic mass is 35.5. The molecule has 0 unspecified atom stereocenters. The number of hydrogen-bond donors (Lipinski definition) is 0. The Bertz CT molecular complexity index is 152. The van der Waals surface area contributed by atoms with Gasteiger partial charge in [0.2, 0.25) is 0 Å². The first kappa shape index (κ1) is 11.6. The van der Waals surface area contributed by atoms with Crippen LogP contribution in [0.25, 0.3) is 0 Å². The molecular formula is C8H16ClN3. The molecule has 70 valence electrons. The average Bonchev–Trinajstić information content (AvgIpc) is 2.10. The van der Waals surface area contributed by atoms with Crippen LogP contribution in [0.1, 0.15) is 13.3 Å². The monoisotopic (exact) mass is 189 g/mol. The second kappa shape index (κ2) is 8.72. The molecule has 0 saturated heterocycles. The van der Waals surface area contributed by atoms with Crippen LogP contribution in [0.4, 0.5) is 0 Å². The number of rotatable bonds is 6. The van der Waals surface area contributed by atoms with Crippen LogP contribution >= 0.6 is 11.6 Å². The molecule has 3 nitrogen and oxygen atoms in total. The smallest absolute Gasteiger partial charge is 0.0892 e. The van der Waals surface area contributed by atoms with E-state index < -0.39 is 0 Å². The third-order valence-corrected chi connectivity index (χ3v) is 1.72. The van der Waals surface area contributed by atoms with Crippen LogP contribution in [-0.4, -0.2) is 43.6 Å². The third-order valence-electron chi connectivity index (χ3n) is 1.31. The van der Waals surface area contributed by atoms with Crippen LogP contribution in [0.2, 0.25) is 0 Å². The van der Waals surface area contributed by atoms with Crippen LogP contribution in [0, 0.1) is 0 Å². The van der Waals surface area contributed by atoms with E-state index in [0.717, 1.165) is 26.1 Å². The van der Waals surface area contributed by atoms with Gasteiger partial charge in [-0.25, -0.2) is 9.98 Å². The van der Waals surface area contributed by atoms with Crippen LogP contribution in [0.15, 0.2) is 9.98 Å². The van der Waals surface area contributed by atoms with Gasteiger partial charge in [0.1, 0.15) is 0 Å². The lowest BCUT2D eigenvalue weighted by Crippen LogP contribution is -2.17. The highest BCUT2D eigenvalue weighted by Crippen LogP contribution is 1.89. The topological polar surface area (TPSA) is 28.0 Å². The zero-order valence-electron chi connectivity index (χ0n) is 7.76. The lowest BCUT2D eigenvalue weighted by atomic mass is 10.4. The van der Waals surface area contributed by atoms with E-state index in [1.165, 1.54) is 0 Å². The largest absolute Gasteiger partial charge is 0.293 e. The molecule has 12 heavy (non-hydrogen) atoms. The number of aliphatic imine (C=N–C) groups is 2. The summed E-state index contributed by atoms with van der Waals surface area (Å²) in [6.07, 6.45) is 1.01. The van der Waals surface area contributed by atoms with Crippen molar-refractivity contribution in [3.8, 4) is 0 Å². The van der Waals surface area contributed by atoms with E-state index in [2.05, 4.69) is 16.0 Å². The molecule has 0 fully saturated rings. The van der Waals surface area contributed by atoms with Gasteiger partial charge < -0.3 is 0 Å². The molecule has 0 rings (SSSR count). The van der Waals surface area contributed by atoms with Gasteiger partial charge >= 0.3 is 0 Å². The Morgan fingerprint density at radius 1 is 1.42 bits per heavy atom. The molecule has 0 amide bonds. The fourth-order valence-corrected chi connectivity index (χ4v) is 0.770. The second-order valence-electron chi connectivity index (χ2n) is 2.51. The average molecular weight is 190 g/mol. The first-order valence-corrected chi connectivity index (χ1v) is 4.67. The summed E-state index contributed by atoms with van der Waals surface area (Å²) in [5.41, 5.74) is 0. The van der Waals surface area contributed by atoms with Gasteiger partial charge in [-0.05, 0) is 20.4 Å². The summed E-state index contributed by atoms with van der Waals surface area (Å²) in [4.78, 5) is 9.87. The minimum Gasteiger partial charge on any atom is -0.293 e. The maximum atomic E-state index is 5.58. The predicted molar refractivity (Wildman–Crippen MR) is 53.2 cm³/mol. The summed E-state index contributed by atoms with van der Waals surface area (Å²) >= 11 is 5.58. The van der Waals surface area contributed by atoms with Crippen molar-refractivity contribution in [2.45, 2.75) is 13.3 Å². The molecule has 0 aromatic rings. The lowest BCUT2D eigenvalue weighted by molar-refractivity contribution is 0.384. The van der Waals surface area contributed by atoms with Crippen molar-refractivity contribution >= 4 is 17.6 Å². The molecule has 0 spiro atoms. The minimum absolute atomic E-state index is 0.576. The van der Waals surface area contributed by atoms with E-state index >= 15 is 0 Å². The molecule has 0 bridgehead atoms. The Morgan fingerprint density at radius 2 is 2.17 bits per heavy atom. The maximum Gasteiger partial charge on any atom is 0.0892 e. The van der Waals surface area contributed by atoms with Gasteiger partial charge in [-0.2, -0.15) is 0 Å². The lowest BCUT2D eigenvalue weighted by Gasteiger charge is -2.09. The van der Waals surface area contributed by atoms with Crippen LogP contribution < -0.4 is 0 Å². The van der Waals surface area contributed by atoms with Gasteiger partial charge in [0.05, 0.1) is 18.6 Å². The first-order valence-electron chi connectivity index (χ1n) is 4.13. The Labute approximate surface area is 79.1 Å². The fraction of sp³-hybridized carbons (Fsp3) is 0.875. The molecule has 4 heteroatoms. The van der Waals surface area contributed by atoms with Gasteiger partial charge in [-0.1, -0.05) is 0 Å². The van der Waals surface area contributed by atoms with Crippen molar-refractivity contribution in [2.75, 3.05) is 32.7 Å². The van der Waals surface area contributed by atoms with Crippen molar-refractivity contribution in [1.82, 2.24) is 4.90 Å². The van der Waals surface area contributed by atoms with Gasteiger partial charge in [0.25, 0.3) is 0 Å². The Balaban J connectivity index is 3.26. The van der Waals surface area contributed by atoms with E-state index in [1.807, 2.05) is 18.9 Å². The van der Waals surface area contributed by atoms with E-state index in [0.29, 0.717) is 6.00 Å². The number of hydrogen-bond acceptors (Lipinski definition) is 3. The summed E-state index contributed by atoms with van der Waals surface area (Å²) in [6.45, 7) is 4.47. The van der Waals surface area contributed by atoms with Gasteiger partial charge in [0, 0.05) is 13.1 Å². The molecule has 0 N–H and O–H groups in total. The van der Waals surface area contributed by atoms with Crippen molar-refractivity contribution in [3.63, 3.8) is 0 Å². The van der Waals surface area contributed by atoms with Crippen LogP contribution in [0.5, 0.6) is 0 Å². The SMILES string of the molecule is CCN=C=NCCCN(C)CCl. The molecule has 0 aromatic heterocycles. The molecule has 0 radical (unpaired) electrons. The number of halogens is 1. The zero-order chi connectivity index (χ0) is 9.23. The molecule has 0 atom stereocenters. The minimum atomic E-state index is 0.576. The zero-order valence-corrected chi connectivity index (χ0v) is 8.51. The summed E-state index contributed by atoms with van der Waals surface area (Å²) in [5.74, 6) is 0. The van der Waals surface area contributed by atoms with Crippen molar-refractivity contribution < 1.29 is 0 Å². The Morgan fingerprint density at radius 3 is 2.75 bits per heavy atom. The third kappa shape index (κ3) is 7.73. The summed E-state index contributed by atoms with van der Waals surface area (Å²) < 4.78 is 0. The van der Waals surface area contributed by atoms with E-state index in [4.69, 9.17) is 11.6 Å². The quantitative estimate of drug-likeness (QED) is 0.271. The highest BCUT2D eigenvalue weighted by Gasteiger charge is 1.92. The van der Waals surface area contributed by atoms with E-state index in [1.54, 1.807) is 0 Å². The molecule has 0 aliphatic rings. The fourth-order valence-electron chi connectivity index (χ4n) is 0.650. The predicted octanol–water partition coefficient (Wildman–Crippen LogP) is 1.70. The van der Waals surface area contributed by atoms with Gasteiger partial charge in [-0.15, -0.1) is 11.6 Å². The molecule has 0 heterocycles. The molecule has 0 saturated carbocycles. The molecule has 0 aliphatic carbocycles. The molecule has 0 aliphatic heterocycles. The van der Waals surface area contributed by atoms with Crippen molar-refractivity contribution in [1.29, 1.82) is 0 Å². The summed E-state index contributed by atoms with van der Waals surface area (Å²) in [7, 11) is 1.98. The van der Waals surface area contributed by atoms with Crippen LogP contribution in [0.3, 0.4) is 0 Å². The van der Waals surface area contributed by atoms with E-state index in [-0.39, 0.29) is 0 Å². The van der Waals surface area contributed by atoms with Crippen LogP contribution in [-0.2, 0) is 0 Å². The van der Waals surface area contributed by atoms with Crippen molar-refractivity contribution in [2.24, 2.45) is 9.98 Å². The number of alkyl halides is 1. The summed E-state index contributed by atoms with van der Waals surface area (Å²) in [6, 6.07) is 3.20. The van der Waals surface area contributed by atoms with E-state index in [9.17, 15) is 0 Å². The number of nitrogens with zero attached hydrogens (tertiary/aromatic N) is 3. The Kier molecular flexibility index (Phi) is 8.46. The normalized spacial score (nSPS) is 9.67. The standard InChI is InChI=1S/C8H16ClN3/c1-3-10-8-11-5-4-6-12(2)7-9/h3-7H2,1-2H3. The van der Waals surface area contributed by atoms with Crippen molar-refractivity contribution in [3.05, 3.63) is 0 Å². The Hall–Kier alpha value is -0.370. The summed E-state index contributed by atoms with van der Waals surface area (Å²) in [5, 5.41) is 0. The first-order chi connectivity index (χ1) is 5.81.